The molecule has 0 bridgehead atoms. The SMILES string of the molecule is CC(NN1CCN(C)CC1)C1CCOC1. The van der Waals surface area contributed by atoms with Crippen molar-refractivity contribution in [1.29, 1.82) is 0 Å². The molecular formula is C11H23N3O. The first kappa shape index (κ1) is 11.3. The van der Waals surface area contributed by atoms with Crippen molar-refractivity contribution in [3.8, 4) is 0 Å². The Kier molecular flexibility index (Phi) is 3.97. The molecule has 4 heteroatoms. The molecule has 2 heterocycles. The molecule has 0 aromatic rings. The van der Waals surface area contributed by atoms with Gasteiger partial charge < -0.3 is 9.64 Å². The number of hydrazine groups is 1. The average Bonchev–Trinajstić information content (AvgIpc) is 2.74. The van der Waals surface area contributed by atoms with Crippen molar-refractivity contribution in [3.05, 3.63) is 0 Å². The van der Waals surface area contributed by atoms with Gasteiger partial charge in [0.2, 0.25) is 0 Å². The summed E-state index contributed by atoms with van der Waals surface area (Å²) >= 11 is 0. The minimum atomic E-state index is 0.552. The number of hydrogen-bond acceptors (Lipinski definition) is 4. The van der Waals surface area contributed by atoms with E-state index in [1.54, 1.807) is 0 Å². The Bertz CT molecular complexity index is 186. The maximum absolute atomic E-state index is 5.42. The van der Waals surface area contributed by atoms with Crippen molar-refractivity contribution in [3.63, 3.8) is 0 Å². The Morgan fingerprint density at radius 1 is 1.27 bits per heavy atom. The van der Waals surface area contributed by atoms with Gasteiger partial charge in [0.25, 0.3) is 0 Å². The molecule has 1 N–H and O–H groups in total. The molecule has 2 saturated heterocycles. The largest absolute Gasteiger partial charge is 0.381 e. The molecule has 2 rings (SSSR count). The zero-order valence-electron chi connectivity index (χ0n) is 9.91. The molecule has 0 amide bonds. The van der Waals surface area contributed by atoms with E-state index in [0.717, 1.165) is 26.3 Å². The van der Waals surface area contributed by atoms with E-state index in [1.807, 2.05) is 0 Å². The van der Waals surface area contributed by atoms with E-state index in [4.69, 9.17) is 4.74 Å². The summed E-state index contributed by atoms with van der Waals surface area (Å²) in [6.45, 7) is 8.75. The summed E-state index contributed by atoms with van der Waals surface area (Å²) in [7, 11) is 2.19. The second-order valence-corrected chi connectivity index (χ2v) is 4.83. The summed E-state index contributed by atoms with van der Waals surface area (Å²) in [5.41, 5.74) is 3.61. The quantitative estimate of drug-likeness (QED) is 0.723. The van der Waals surface area contributed by atoms with Gasteiger partial charge in [0.1, 0.15) is 0 Å². The number of piperazine rings is 1. The minimum Gasteiger partial charge on any atom is -0.381 e. The zero-order valence-corrected chi connectivity index (χ0v) is 9.91. The van der Waals surface area contributed by atoms with Gasteiger partial charge >= 0.3 is 0 Å². The van der Waals surface area contributed by atoms with Crippen LogP contribution in [0.5, 0.6) is 0 Å². The molecule has 2 aliphatic rings. The van der Waals surface area contributed by atoms with Crippen molar-refractivity contribution in [2.75, 3.05) is 46.4 Å². The lowest BCUT2D eigenvalue weighted by atomic mass is 10.0. The normalized spacial score (nSPS) is 32.0. The molecule has 2 atom stereocenters. The molecule has 2 unspecified atom stereocenters. The summed E-state index contributed by atoms with van der Waals surface area (Å²) in [5, 5.41) is 2.36. The Balaban J connectivity index is 1.71. The smallest absolute Gasteiger partial charge is 0.0510 e. The van der Waals surface area contributed by atoms with Gasteiger partial charge in [-0.05, 0) is 20.4 Å². The fourth-order valence-electron chi connectivity index (χ4n) is 2.28. The summed E-state index contributed by atoms with van der Waals surface area (Å²) in [6.07, 6.45) is 1.21. The van der Waals surface area contributed by atoms with Gasteiger partial charge in [0.15, 0.2) is 0 Å². The summed E-state index contributed by atoms with van der Waals surface area (Å²) in [4.78, 5) is 2.38. The zero-order chi connectivity index (χ0) is 10.7. The molecular weight excluding hydrogens is 190 g/mol. The topological polar surface area (TPSA) is 27.7 Å². The molecule has 88 valence electrons. The lowest BCUT2D eigenvalue weighted by molar-refractivity contribution is 0.0740. The van der Waals surface area contributed by atoms with Gasteiger partial charge in [-0.25, -0.2) is 5.01 Å². The van der Waals surface area contributed by atoms with Gasteiger partial charge in [0.05, 0.1) is 6.61 Å². The van der Waals surface area contributed by atoms with E-state index in [2.05, 4.69) is 29.3 Å². The lowest BCUT2D eigenvalue weighted by Gasteiger charge is -2.35. The highest BCUT2D eigenvalue weighted by molar-refractivity contribution is 4.76. The first-order valence-corrected chi connectivity index (χ1v) is 6.03. The third-order valence-corrected chi connectivity index (χ3v) is 3.56. The number of hydrogen-bond donors (Lipinski definition) is 1. The van der Waals surface area contributed by atoms with Crippen LogP contribution in [-0.2, 0) is 4.74 Å². The van der Waals surface area contributed by atoms with Crippen LogP contribution in [-0.4, -0.2) is 62.4 Å². The molecule has 2 fully saturated rings. The minimum absolute atomic E-state index is 0.552. The Morgan fingerprint density at radius 3 is 2.60 bits per heavy atom. The molecule has 0 aromatic heterocycles. The van der Waals surface area contributed by atoms with Crippen LogP contribution < -0.4 is 5.43 Å². The summed E-state index contributed by atoms with van der Waals surface area (Å²) in [6, 6.07) is 0.552. The van der Waals surface area contributed by atoms with E-state index in [0.29, 0.717) is 12.0 Å². The second-order valence-electron chi connectivity index (χ2n) is 4.83. The van der Waals surface area contributed by atoms with E-state index < -0.39 is 0 Å². The number of nitrogens with one attached hydrogen (secondary N) is 1. The van der Waals surface area contributed by atoms with Crippen LogP contribution in [0.25, 0.3) is 0 Å². The van der Waals surface area contributed by atoms with E-state index in [1.165, 1.54) is 19.5 Å². The van der Waals surface area contributed by atoms with E-state index >= 15 is 0 Å². The van der Waals surface area contributed by atoms with Crippen LogP contribution in [0.4, 0.5) is 0 Å². The molecule has 0 spiro atoms. The number of ether oxygens (including phenoxy) is 1. The number of nitrogens with zero attached hydrogens (tertiary/aromatic N) is 2. The van der Waals surface area contributed by atoms with Crippen LogP contribution in [0, 0.1) is 5.92 Å². The number of rotatable bonds is 3. The molecule has 0 saturated carbocycles. The van der Waals surface area contributed by atoms with Crippen LogP contribution in [0.15, 0.2) is 0 Å². The van der Waals surface area contributed by atoms with Crippen molar-refractivity contribution >= 4 is 0 Å². The van der Waals surface area contributed by atoms with Crippen LogP contribution in [0.3, 0.4) is 0 Å². The molecule has 2 aliphatic heterocycles. The second kappa shape index (κ2) is 5.25. The standard InChI is InChI=1S/C11H23N3O/c1-10(11-3-8-15-9-11)12-14-6-4-13(2)5-7-14/h10-12H,3-9H2,1-2H3. The molecule has 15 heavy (non-hydrogen) atoms. The maximum Gasteiger partial charge on any atom is 0.0510 e. The van der Waals surface area contributed by atoms with Gasteiger partial charge in [0, 0.05) is 44.7 Å². The Hall–Kier alpha value is -0.160. The highest BCUT2D eigenvalue weighted by atomic mass is 16.5. The average molecular weight is 213 g/mol. The third-order valence-electron chi connectivity index (χ3n) is 3.56. The van der Waals surface area contributed by atoms with Crippen molar-refractivity contribution in [1.82, 2.24) is 15.3 Å². The monoisotopic (exact) mass is 213 g/mol. The fourth-order valence-corrected chi connectivity index (χ4v) is 2.28. The Labute approximate surface area is 92.5 Å². The Morgan fingerprint density at radius 2 is 2.00 bits per heavy atom. The van der Waals surface area contributed by atoms with Crippen LogP contribution in [0.1, 0.15) is 13.3 Å². The molecule has 0 aromatic carbocycles. The van der Waals surface area contributed by atoms with E-state index in [-0.39, 0.29) is 0 Å². The number of likely N-dealkylation sites (N-methyl/N-ethyl adjacent to an activating group) is 1. The van der Waals surface area contributed by atoms with E-state index in [9.17, 15) is 0 Å². The molecule has 0 radical (unpaired) electrons. The molecule has 4 nitrogen and oxygen atoms in total. The highest BCUT2D eigenvalue weighted by Gasteiger charge is 2.24. The first-order valence-electron chi connectivity index (χ1n) is 6.03. The van der Waals surface area contributed by atoms with Crippen molar-refractivity contribution in [2.45, 2.75) is 19.4 Å². The first-order chi connectivity index (χ1) is 7.25. The summed E-state index contributed by atoms with van der Waals surface area (Å²) in [5.74, 6) is 0.699. The predicted molar refractivity (Wildman–Crippen MR) is 60.6 cm³/mol. The van der Waals surface area contributed by atoms with Gasteiger partial charge in [-0.3, -0.25) is 5.43 Å². The third kappa shape index (κ3) is 3.14. The lowest BCUT2D eigenvalue weighted by Crippen LogP contribution is -2.54. The van der Waals surface area contributed by atoms with Gasteiger partial charge in [-0.2, -0.15) is 0 Å². The van der Waals surface area contributed by atoms with Crippen LogP contribution >= 0.6 is 0 Å². The van der Waals surface area contributed by atoms with Crippen LogP contribution in [0.2, 0.25) is 0 Å². The fraction of sp³-hybridized carbons (Fsp3) is 1.00. The highest BCUT2D eigenvalue weighted by Crippen LogP contribution is 2.16. The van der Waals surface area contributed by atoms with Gasteiger partial charge in [-0.1, -0.05) is 0 Å². The van der Waals surface area contributed by atoms with Crippen molar-refractivity contribution in [2.24, 2.45) is 5.92 Å². The maximum atomic E-state index is 5.42. The van der Waals surface area contributed by atoms with Crippen molar-refractivity contribution < 1.29 is 4.74 Å². The molecule has 0 aliphatic carbocycles. The summed E-state index contributed by atoms with van der Waals surface area (Å²) < 4.78 is 5.42. The predicted octanol–water partition coefficient (Wildman–Crippen LogP) is 0.163. The van der Waals surface area contributed by atoms with Gasteiger partial charge in [-0.15, -0.1) is 0 Å².